The molecule has 0 saturated carbocycles. The zero-order chi connectivity index (χ0) is 24.6. The molecule has 0 spiro atoms. The lowest BCUT2D eigenvalue weighted by molar-refractivity contribution is 0.0735. The van der Waals surface area contributed by atoms with Gasteiger partial charge in [0, 0.05) is 47.8 Å². The highest BCUT2D eigenvalue weighted by Gasteiger charge is 2.29. The molecule has 5 rings (SSSR count). The van der Waals surface area contributed by atoms with E-state index < -0.39 is 9.84 Å². The van der Waals surface area contributed by atoms with E-state index in [0.717, 1.165) is 27.5 Å². The molecule has 9 heteroatoms. The molecule has 0 bridgehead atoms. The third-order valence-electron chi connectivity index (χ3n) is 6.10. The number of aromatic nitrogens is 1. The second-order valence-corrected chi connectivity index (χ2v) is 12.6. The van der Waals surface area contributed by atoms with E-state index in [0.29, 0.717) is 18.7 Å². The predicted octanol–water partition coefficient (Wildman–Crippen LogP) is 5.55. The van der Waals surface area contributed by atoms with Crippen molar-refractivity contribution in [3.05, 3.63) is 95.2 Å². The number of fused-ring (bicyclic) bond motifs is 1. The van der Waals surface area contributed by atoms with Crippen LogP contribution in [0.4, 0.5) is 5.69 Å². The van der Waals surface area contributed by atoms with Crippen LogP contribution in [0.5, 0.6) is 0 Å². The predicted molar refractivity (Wildman–Crippen MR) is 149 cm³/mol. The van der Waals surface area contributed by atoms with Gasteiger partial charge in [-0.05, 0) is 71.4 Å². The zero-order valence-corrected chi connectivity index (χ0v) is 23.1. The van der Waals surface area contributed by atoms with E-state index in [1.807, 2.05) is 35.2 Å². The van der Waals surface area contributed by atoms with Crippen molar-refractivity contribution in [3.8, 4) is 0 Å². The number of alkyl halides is 1. The summed E-state index contributed by atoms with van der Waals surface area (Å²) in [6.45, 7) is 2.02. The van der Waals surface area contributed by atoms with Gasteiger partial charge in [-0.1, -0.05) is 50.7 Å². The Hall–Kier alpha value is -2.50. The Morgan fingerprint density at radius 2 is 1.54 bits per heavy atom. The van der Waals surface area contributed by atoms with Gasteiger partial charge in [-0.3, -0.25) is 9.78 Å². The highest BCUT2D eigenvalue weighted by molar-refractivity contribution is 14.1. The first kappa shape index (κ1) is 24.2. The molecule has 35 heavy (non-hydrogen) atoms. The Kier molecular flexibility index (Phi) is 6.82. The minimum atomic E-state index is -3.71. The number of piperazine rings is 1. The van der Waals surface area contributed by atoms with Gasteiger partial charge in [0.15, 0.2) is 0 Å². The van der Waals surface area contributed by atoms with E-state index in [1.54, 1.807) is 42.7 Å². The SMILES string of the molecule is O=C(c1ccc(S(=O)(=O)c2ccc3cc(Br)ccc3c2)cc1)N1CCN(c2ccncc2)CC1I. The fourth-order valence-electron chi connectivity index (χ4n) is 4.20. The standard InChI is InChI=1S/C26H21BrIN3O3S/c27-21-5-1-20-16-24(8-4-19(20)15-21)35(33,34)23-6-2-18(3-7-23)26(32)31-14-13-30(17-25(31)28)22-9-11-29-12-10-22/h1-12,15-16,25H,13-14,17H2. The van der Waals surface area contributed by atoms with Crippen molar-refractivity contribution in [3.63, 3.8) is 0 Å². The molecule has 3 aromatic carbocycles. The van der Waals surface area contributed by atoms with Crippen LogP contribution in [-0.2, 0) is 9.84 Å². The summed E-state index contributed by atoms with van der Waals surface area (Å²) >= 11 is 5.72. The number of hydrogen-bond acceptors (Lipinski definition) is 5. The van der Waals surface area contributed by atoms with Crippen LogP contribution in [0.1, 0.15) is 10.4 Å². The molecule has 1 aliphatic heterocycles. The Bertz CT molecular complexity index is 1500. The van der Waals surface area contributed by atoms with Crippen molar-refractivity contribution in [1.82, 2.24) is 9.88 Å². The molecule has 1 amide bonds. The monoisotopic (exact) mass is 661 g/mol. The summed E-state index contributed by atoms with van der Waals surface area (Å²) in [6, 6.07) is 21.0. The van der Waals surface area contributed by atoms with Gasteiger partial charge in [0.05, 0.1) is 9.79 Å². The third-order valence-corrected chi connectivity index (χ3v) is 9.43. The smallest absolute Gasteiger partial charge is 0.254 e. The van der Waals surface area contributed by atoms with Crippen molar-refractivity contribution in [1.29, 1.82) is 0 Å². The number of rotatable bonds is 4. The normalized spacial score (nSPS) is 16.5. The molecule has 0 radical (unpaired) electrons. The summed E-state index contributed by atoms with van der Waals surface area (Å²) in [5, 5.41) is 1.80. The molecule has 6 nitrogen and oxygen atoms in total. The summed E-state index contributed by atoms with van der Waals surface area (Å²) in [6.07, 6.45) is 3.53. The van der Waals surface area contributed by atoms with Crippen molar-refractivity contribution >= 4 is 70.7 Å². The quantitative estimate of drug-likeness (QED) is 0.163. The van der Waals surface area contributed by atoms with Crippen LogP contribution in [0, 0.1) is 0 Å². The Labute approximate surface area is 226 Å². The van der Waals surface area contributed by atoms with Crippen LogP contribution in [0.25, 0.3) is 10.8 Å². The van der Waals surface area contributed by atoms with Gasteiger partial charge in [0.2, 0.25) is 9.84 Å². The minimum Gasteiger partial charge on any atom is -0.367 e. The van der Waals surface area contributed by atoms with Crippen LogP contribution in [0.2, 0.25) is 0 Å². The Balaban J connectivity index is 1.33. The number of halogens is 2. The van der Waals surface area contributed by atoms with Crippen LogP contribution >= 0.6 is 38.5 Å². The van der Waals surface area contributed by atoms with E-state index in [4.69, 9.17) is 0 Å². The fraction of sp³-hybridized carbons (Fsp3) is 0.154. The van der Waals surface area contributed by atoms with Gasteiger partial charge < -0.3 is 9.80 Å². The topological polar surface area (TPSA) is 70.6 Å². The average Bonchev–Trinajstić information content (AvgIpc) is 2.88. The molecule has 4 aromatic rings. The number of sulfone groups is 1. The summed E-state index contributed by atoms with van der Waals surface area (Å²) in [4.78, 5) is 21.7. The van der Waals surface area contributed by atoms with E-state index >= 15 is 0 Å². The number of pyridine rings is 1. The van der Waals surface area contributed by atoms with E-state index in [1.165, 1.54) is 12.1 Å². The lowest BCUT2D eigenvalue weighted by Crippen LogP contribution is -2.52. The molecule has 1 aliphatic rings. The maximum absolute atomic E-state index is 13.2. The van der Waals surface area contributed by atoms with Gasteiger partial charge >= 0.3 is 0 Å². The number of amides is 1. The van der Waals surface area contributed by atoms with Crippen LogP contribution < -0.4 is 4.90 Å². The van der Waals surface area contributed by atoms with Gasteiger partial charge in [-0.2, -0.15) is 0 Å². The summed E-state index contributed by atoms with van der Waals surface area (Å²) < 4.78 is 27.4. The molecule has 178 valence electrons. The molecule has 1 unspecified atom stereocenters. The first-order valence-electron chi connectivity index (χ1n) is 11.0. The van der Waals surface area contributed by atoms with E-state index in [9.17, 15) is 13.2 Å². The van der Waals surface area contributed by atoms with Gasteiger partial charge in [0.1, 0.15) is 4.05 Å². The second kappa shape index (κ2) is 9.87. The van der Waals surface area contributed by atoms with Crippen LogP contribution in [0.3, 0.4) is 0 Å². The van der Waals surface area contributed by atoms with Gasteiger partial charge in [0.25, 0.3) is 5.91 Å². The molecular formula is C26H21BrIN3O3S. The Morgan fingerprint density at radius 3 is 2.26 bits per heavy atom. The van der Waals surface area contributed by atoms with Crippen molar-refractivity contribution in [2.24, 2.45) is 0 Å². The number of benzene rings is 3. The van der Waals surface area contributed by atoms with Crippen molar-refractivity contribution < 1.29 is 13.2 Å². The largest absolute Gasteiger partial charge is 0.367 e. The molecule has 1 aromatic heterocycles. The number of carbonyl (C=O) groups is 1. The molecular weight excluding hydrogens is 641 g/mol. The first-order chi connectivity index (χ1) is 16.8. The maximum Gasteiger partial charge on any atom is 0.254 e. The number of nitrogens with zero attached hydrogens (tertiary/aromatic N) is 3. The minimum absolute atomic E-state index is 0.0111. The van der Waals surface area contributed by atoms with Gasteiger partial charge in [-0.15, -0.1) is 0 Å². The molecule has 1 saturated heterocycles. The van der Waals surface area contributed by atoms with Crippen molar-refractivity contribution in [2.45, 2.75) is 13.8 Å². The lowest BCUT2D eigenvalue weighted by atomic mass is 10.1. The molecule has 0 aliphatic carbocycles. The first-order valence-corrected chi connectivity index (χ1v) is 14.5. The van der Waals surface area contributed by atoms with Gasteiger partial charge in [-0.25, -0.2) is 8.42 Å². The summed E-state index contributed by atoms with van der Waals surface area (Å²) in [5.74, 6) is -0.0981. The lowest BCUT2D eigenvalue weighted by Gasteiger charge is -2.40. The fourth-order valence-corrected chi connectivity index (χ4v) is 6.88. The summed E-state index contributed by atoms with van der Waals surface area (Å²) in [7, 11) is -3.71. The van der Waals surface area contributed by atoms with E-state index in [-0.39, 0.29) is 19.7 Å². The average molecular weight is 662 g/mol. The third kappa shape index (κ3) is 4.94. The van der Waals surface area contributed by atoms with Crippen LogP contribution in [-0.4, -0.2) is 47.9 Å². The maximum atomic E-state index is 13.2. The van der Waals surface area contributed by atoms with E-state index in [2.05, 4.69) is 48.4 Å². The second-order valence-electron chi connectivity index (χ2n) is 8.27. The number of anilines is 1. The highest BCUT2D eigenvalue weighted by Crippen LogP contribution is 2.28. The molecule has 1 atom stereocenters. The van der Waals surface area contributed by atoms with Crippen LogP contribution in [0.15, 0.2) is 99.5 Å². The zero-order valence-electron chi connectivity index (χ0n) is 18.5. The Morgan fingerprint density at radius 1 is 0.886 bits per heavy atom. The molecule has 1 fully saturated rings. The summed E-state index contributed by atoms with van der Waals surface area (Å²) in [5.41, 5.74) is 1.57. The number of hydrogen-bond donors (Lipinski definition) is 0. The highest BCUT2D eigenvalue weighted by atomic mass is 127. The molecule has 0 N–H and O–H groups in total. The van der Waals surface area contributed by atoms with Crippen molar-refractivity contribution in [2.75, 3.05) is 24.5 Å². The number of carbonyl (C=O) groups excluding carboxylic acids is 1. The molecule has 2 heterocycles.